The quantitative estimate of drug-likeness (QED) is 0.529. The van der Waals surface area contributed by atoms with Gasteiger partial charge >= 0.3 is 5.97 Å². The number of anilines is 1. The highest BCUT2D eigenvalue weighted by Gasteiger charge is 2.21. The van der Waals surface area contributed by atoms with E-state index in [0.717, 1.165) is 41.9 Å². The minimum absolute atomic E-state index is 0.103. The van der Waals surface area contributed by atoms with E-state index in [9.17, 15) is 9.59 Å². The third kappa shape index (κ3) is 7.31. The van der Waals surface area contributed by atoms with Crippen LogP contribution in [0.25, 0.3) is 0 Å². The lowest BCUT2D eigenvalue weighted by atomic mass is 10.00. The molecular weight excluding hydrogens is 396 g/mol. The van der Waals surface area contributed by atoms with Crippen LogP contribution in [0.2, 0.25) is 0 Å². The molecule has 8 heteroatoms. The van der Waals surface area contributed by atoms with Crippen LogP contribution in [0.1, 0.15) is 33.6 Å². The maximum atomic E-state index is 12.2. The second-order valence-corrected chi connectivity index (χ2v) is 8.41. The summed E-state index contributed by atoms with van der Waals surface area (Å²) in [6.45, 7) is 8.15. The molecule has 0 saturated carbocycles. The monoisotopic (exact) mass is 424 g/mol. The van der Waals surface area contributed by atoms with Crippen molar-refractivity contribution in [2.75, 3.05) is 30.8 Å². The first-order chi connectivity index (χ1) is 13.4. The summed E-state index contributed by atoms with van der Waals surface area (Å²) in [7, 11) is 0. The van der Waals surface area contributed by atoms with Crippen LogP contribution in [-0.2, 0) is 14.3 Å². The lowest BCUT2D eigenvalue weighted by Crippen LogP contribution is -2.36. The molecule has 1 aliphatic heterocycles. The van der Waals surface area contributed by atoms with Gasteiger partial charge in [-0.15, -0.1) is 0 Å². The van der Waals surface area contributed by atoms with Crippen molar-refractivity contribution in [1.29, 1.82) is 0 Å². The molecule has 1 fully saturated rings. The lowest BCUT2D eigenvalue weighted by Gasteiger charge is -2.31. The van der Waals surface area contributed by atoms with E-state index in [1.807, 2.05) is 6.92 Å². The van der Waals surface area contributed by atoms with Crippen molar-refractivity contribution in [2.24, 2.45) is 5.92 Å². The van der Waals surface area contributed by atoms with Gasteiger partial charge in [0.1, 0.15) is 10.1 Å². The van der Waals surface area contributed by atoms with Gasteiger partial charge in [0, 0.05) is 18.8 Å². The van der Waals surface area contributed by atoms with Gasteiger partial charge < -0.3 is 19.7 Å². The highest BCUT2D eigenvalue weighted by Crippen LogP contribution is 2.20. The van der Waals surface area contributed by atoms with Gasteiger partial charge in [-0.05, 0) is 56.9 Å². The van der Waals surface area contributed by atoms with Crippen molar-refractivity contribution in [2.45, 2.75) is 39.7 Å². The average Bonchev–Trinajstić information content (AvgIpc) is 2.68. The molecule has 6 nitrogen and oxygen atoms in total. The predicted octanol–water partition coefficient (Wildman–Crippen LogP) is 3.71. The molecule has 1 aromatic carbocycles. The van der Waals surface area contributed by atoms with Crippen LogP contribution in [0.15, 0.2) is 24.3 Å². The molecule has 0 spiro atoms. The molecule has 1 aliphatic rings. The highest BCUT2D eigenvalue weighted by atomic mass is 32.2. The normalized spacial score (nSPS) is 15.6. The van der Waals surface area contributed by atoms with Crippen LogP contribution in [0.4, 0.5) is 5.69 Å². The first kappa shape index (κ1) is 22.5. The Morgan fingerprint density at radius 3 is 2.54 bits per heavy atom. The van der Waals surface area contributed by atoms with Crippen LogP contribution in [0, 0.1) is 5.92 Å². The minimum Gasteiger partial charge on any atom is -0.494 e. The molecule has 0 bridgehead atoms. The van der Waals surface area contributed by atoms with Gasteiger partial charge in [-0.1, -0.05) is 30.9 Å². The largest absolute Gasteiger partial charge is 0.494 e. The third-order valence-corrected chi connectivity index (χ3v) is 5.96. The molecule has 28 heavy (non-hydrogen) atoms. The smallest absolute Gasteiger partial charge is 0.317 e. The number of nitrogens with one attached hydrogen (secondary N) is 1. The Morgan fingerprint density at radius 2 is 1.93 bits per heavy atom. The predicted molar refractivity (Wildman–Crippen MR) is 117 cm³/mol. The highest BCUT2D eigenvalue weighted by molar-refractivity contribution is 8.23. The van der Waals surface area contributed by atoms with E-state index in [1.165, 1.54) is 11.8 Å². The average molecular weight is 425 g/mol. The van der Waals surface area contributed by atoms with E-state index in [2.05, 4.69) is 17.1 Å². The molecule has 154 valence electrons. The second-order valence-electron chi connectivity index (χ2n) is 6.80. The van der Waals surface area contributed by atoms with Crippen molar-refractivity contribution < 1.29 is 19.1 Å². The van der Waals surface area contributed by atoms with E-state index in [4.69, 9.17) is 21.7 Å². The number of piperidine rings is 1. The molecule has 0 radical (unpaired) electrons. The summed E-state index contributed by atoms with van der Waals surface area (Å²) >= 11 is 6.70. The van der Waals surface area contributed by atoms with Gasteiger partial charge in [0.15, 0.2) is 6.10 Å². The molecule has 1 saturated heterocycles. The minimum atomic E-state index is -0.885. The van der Waals surface area contributed by atoms with E-state index >= 15 is 0 Å². The maximum absolute atomic E-state index is 12.2. The summed E-state index contributed by atoms with van der Waals surface area (Å²) in [6, 6.07) is 7.03. The van der Waals surface area contributed by atoms with Crippen LogP contribution in [-0.4, -0.2) is 52.7 Å². The molecule has 0 unspecified atom stereocenters. The van der Waals surface area contributed by atoms with Crippen molar-refractivity contribution in [1.82, 2.24) is 4.90 Å². The van der Waals surface area contributed by atoms with E-state index in [-0.39, 0.29) is 11.7 Å². The molecular formula is C20H28N2O4S2. The first-order valence-corrected chi connectivity index (χ1v) is 10.9. The molecule has 1 heterocycles. The van der Waals surface area contributed by atoms with Gasteiger partial charge in [0.05, 0.1) is 12.4 Å². The van der Waals surface area contributed by atoms with Crippen molar-refractivity contribution in [3.05, 3.63) is 24.3 Å². The van der Waals surface area contributed by atoms with Gasteiger partial charge in [-0.3, -0.25) is 9.59 Å². The zero-order valence-corrected chi connectivity index (χ0v) is 18.2. The standard InChI is InChI=1S/C20H28N2O4S2/c1-4-25-17-7-5-16(6-8-17)21-19(24)15(3)26-18(23)13-28-20(27)22-11-9-14(2)10-12-22/h5-8,14-15H,4,9-13H2,1-3H3,(H,21,24)/t15-/m0/s1. The van der Waals surface area contributed by atoms with Gasteiger partial charge in [-0.2, -0.15) is 0 Å². The van der Waals surface area contributed by atoms with E-state index in [0.29, 0.717) is 12.3 Å². The summed E-state index contributed by atoms with van der Waals surface area (Å²) in [4.78, 5) is 26.4. The van der Waals surface area contributed by atoms with Crippen molar-refractivity contribution in [3.63, 3.8) is 0 Å². The maximum Gasteiger partial charge on any atom is 0.317 e. The third-order valence-electron chi connectivity index (χ3n) is 4.47. The Kier molecular flexibility index (Phi) is 9.05. The summed E-state index contributed by atoms with van der Waals surface area (Å²) in [5, 5.41) is 2.72. The Hall–Kier alpha value is -1.80. The number of hydrogen-bond acceptors (Lipinski definition) is 6. The van der Waals surface area contributed by atoms with Crippen LogP contribution < -0.4 is 10.1 Å². The number of rotatable bonds is 7. The lowest BCUT2D eigenvalue weighted by molar-refractivity contribution is -0.150. The number of amides is 1. The van der Waals surface area contributed by atoms with Crippen LogP contribution >= 0.6 is 24.0 Å². The Bertz CT molecular complexity index is 673. The van der Waals surface area contributed by atoms with E-state index in [1.54, 1.807) is 31.2 Å². The van der Waals surface area contributed by atoms with Gasteiger partial charge in [0.2, 0.25) is 0 Å². The zero-order chi connectivity index (χ0) is 20.5. The van der Waals surface area contributed by atoms with Gasteiger partial charge in [0.25, 0.3) is 5.91 Å². The Labute approximate surface area is 176 Å². The fourth-order valence-electron chi connectivity index (χ4n) is 2.73. The summed E-state index contributed by atoms with van der Waals surface area (Å²) in [5.74, 6) is 0.730. The number of thioether (sulfide) groups is 1. The molecule has 1 atom stereocenters. The fraction of sp³-hybridized carbons (Fsp3) is 0.550. The number of carbonyl (C=O) groups is 2. The number of esters is 1. The number of benzene rings is 1. The Balaban J connectivity index is 1.72. The molecule has 2 rings (SSSR count). The SMILES string of the molecule is CCOc1ccc(NC(=O)[C@H](C)OC(=O)CSC(=S)N2CCC(C)CC2)cc1. The zero-order valence-electron chi connectivity index (χ0n) is 16.6. The molecule has 0 aliphatic carbocycles. The van der Waals surface area contributed by atoms with Crippen LogP contribution in [0.3, 0.4) is 0 Å². The van der Waals surface area contributed by atoms with Crippen LogP contribution in [0.5, 0.6) is 5.75 Å². The van der Waals surface area contributed by atoms with Gasteiger partial charge in [-0.25, -0.2) is 0 Å². The molecule has 1 N–H and O–H groups in total. The van der Waals surface area contributed by atoms with Crippen molar-refractivity contribution in [3.8, 4) is 5.75 Å². The first-order valence-electron chi connectivity index (χ1n) is 9.54. The number of nitrogens with zero attached hydrogens (tertiary/aromatic N) is 1. The topological polar surface area (TPSA) is 67.9 Å². The van der Waals surface area contributed by atoms with Crippen molar-refractivity contribution >= 4 is 45.9 Å². The summed E-state index contributed by atoms with van der Waals surface area (Å²) < 4.78 is 11.3. The number of carbonyl (C=O) groups excluding carboxylic acids is 2. The fourth-order valence-corrected chi connectivity index (χ4v) is 3.77. The molecule has 1 aromatic rings. The number of thiocarbonyl (C=S) groups is 1. The van der Waals surface area contributed by atoms with E-state index < -0.39 is 12.1 Å². The molecule has 0 aromatic heterocycles. The summed E-state index contributed by atoms with van der Waals surface area (Å²) in [5.41, 5.74) is 0.617. The second kappa shape index (κ2) is 11.3. The number of likely N-dealkylation sites (tertiary alicyclic amines) is 1. The Morgan fingerprint density at radius 1 is 1.29 bits per heavy atom. The summed E-state index contributed by atoms with van der Waals surface area (Å²) in [6.07, 6.45) is 1.35. The number of ether oxygens (including phenoxy) is 2. The molecule has 1 amide bonds. The number of hydrogen-bond donors (Lipinski definition) is 1.